The lowest BCUT2D eigenvalue weighted by atomic mass is 9.99. The summed E-state index contributed by atoms with van der Waals surface area (Å²) in [6.45, 7) is 5.38. The Balaban J connectivity index is 1.79. The van der Waals surface area contributed by atoms with E-state index in [0.717, 1.165) is 31.0 Å². The first-order valence-corrected chi connectivity index (χ1v) is 7.76. The van der Waals surface area contributed by atoms with Gasteiger partial charge < -0.3 is 14.8 Å². The van der Waals surface area contributed by atoms with Crippen molar-refractivity contribution in [2.24, 2.45) is 0 Å². The van der Waals surface area contributed by atoms with E-state index in [2.05, 4.69) is 41.9 Å². The van der Waals surface area contributed by atoms with Crippen molar-refractivity contribution in [2.45, 2.75) is 70.6 Å². The van der Waals surface area contributed by atoms with E-state index >= 15 is 0 Å². The lowest BCUT2D eigenvalue weighted by molar-refractivity contribution is 0.351. The van der Waals surface area contributed by atoms with E-state index in [1.807, 2.05) is 0 Å². The van der Waals surface area contributed by atoms with Gasteiger partial charge in [0.05, 0.1) is 5.69 Å². The number of imidazole rings is 1. The fourth-order valence-corrected chi connectivity index (χ4v) is 3.65. The van der Waals surface area contributed by atoms with Gasteiger partial charge in [0.15, 0.2) is 0 Å². The highest BCUT2D eigenvalue weighted by Gasteiger charge is 2.36. The van der Waals surface area contributed by atoms with E-state index in [1.54, 1.807) is 0 Å². The third-order valence-electron chi connectivity index (χ3n) is 4.82. The first-order chi connectivity index (χ1) is 9.21. The maximum atomic E-state index is 4.81. The van der Waals surface area contributed by atoms with E-state index in [0.29, 0.717) is 6.04 Å². The zero-order valence-corrected chi connectivity index (χ0v) is 12.4. The third kappa shape index (κ3) is 2.38. The largest absolute Gasteiger partial charge is 0.342 e. The molecule has 0 amide bonds. The second-order valence-corrected chi connectivity index (χ2v) is 6.05. The van der Waals surface area contributed by atoms with Crippen molar-refractivity contribution in [3.63, 3.8) is 0 Å². The molecule has 2 aliphatic rings. The van der Waals surface area contributed by atoms with Gasteiger partial charge in [0.1, 0.15) is 0 Å². The van der Waals surface area contributed by atoms with Crippen LogP contribution in [0.5, 0.6) is 0 Å². The van der Waals surface area contributed by atoms with Crippen LogP contribution in [0.2, 0.25) is 0 Å². The Morgan fingerprint density at radius 3 is 2.58 bits per heavy atom. The summed E-state index contributed by atoms with van der Waals surface area (Å²) in [5.41, 5.74) is 1.21. The summed E-state index contributed by atoms with van der Waals surface area (Å²) in [5, 5.41) is 3.72. The number of nitrogens with zero attached hydrogens (tertiary/aromatic N) is 3. The molecule has 4 nitrogen and oxygen atoms in total. The molecule has 2 atom stereocenters. The number of fused-ring (bicyclic) bond motifs is 2. The third-order valence-corrected chi connectivity index (χ3v) is 4.82. The molecule has 19 heavy (non-hydrogen) atoms. The average Bonchev–Trinajstić information content (AvgIpc) is 3.00. The van der Waals surface area contributed by atoms with Crippen LogP contribution in [-0.4, -0.2) is 34.7 Å². The summed E-state index contributed by atoms with van der Waals surface area (Å²) in [5.74, 6) is 1.16. The van der Waals surface area contributed by atoms with Crippen molar-refractivity contribution in [3.05, 3.63) is 11.9 Å². The highest BCUT2D eigenvalue weighted by Crippen LogP contribution is 2.31. The predicted molar refractivity (Wildman–Crippen MR) is 78.6 cm³/mol. The second-order valence-electron chi connectivity index (χ2n) is 6.05. The summed E-state index contributed by atoms with van der Waals surface area (Å²) < 4.78 is 2.29. The Bertz CT molecular complexity index is 427. The molecule has 0 aromatic carbocycles. The number of nitrogens with one attached hydrogen (secondary N) is 1. The van der Waals surface area contributed by atoms with E-state index in [9.17, 15) is 0 Å². The highest BCUT2D eigenvalue weighted by molar-refractivity contribution is 5.35. The quantitative estimate of drug-likeness (QED) is 0.903. The maximum Gasteiger partial charge on any atom is 0.205 e. The van der Waals surface area contributed by atoms with E-state index in [4.69, 9.17) is 4.98 Å². The number of anilines is 1. The van der Waals surface area contributed by atoms with Crippen LogP contribution in [0.1, 0.15) is 45.2 Å². The molecular formula is C15H26N4. The zero-order chi connectivity index (χ0) is 13.4. The molecule has 2 unspecified atom stereocenters. The summed E-state index contributed by atoms with van der Waals surface area (Å²) in [6.07, 6.45) is 8.48. The molecule has 1 N–H and O–H groups in total. The standard InChI is InChI=1S/C15H26N4/c1-4-11-10-19(5-2)15(17-11)18(3)14-8-12-6-7-13(9-14)16-12/h10,12-14,16H,4-9H2,1-3H3. The number of rotatable bonds is 4. The van der Waals surface area contributed by atoms with Gasteiger partial charge in [-0.15, -0.1) is 0 Å². The molecule has 3 heterocycles. The Labute approximate surface area is 116 Å². The normalized spacial score (nSPS) is 29.7. The van der Waals surface area contributed by atoms with Crippen LogP contribution in [0.25, 0.3) is 0 Å². The smallest absolute Gasteiger partial charge is 0.205 e. The van der Waals surface area contributed by atoms with E-state index < -0.39 is 0 Å². The molecule has 2 aliphatic heterocycles. The van der Waals surface area contributed by atoms with Crippen LogP contribution in [-0.2, 0) is 13.0 Å². The van der Waals surface area contributed by atoms with Crippen molar-refractivity contribution in [1.82, 2.24) is 14.9 Å². The van der Waals surface area contributed by atoms with E-state index in [-0.39, 0.29) is 0 Å². The molecule has 0 spiro atoms. The Morgan fingerprint density at radius 2 is 2.00 bits per heavy atom. The lowest BCUT2D eigenvalue weighted by Gasteiger charge is -2.36. The topological polar surface area (TPSA) is 33.1 Å². The Hall–Kier alpha value is -1.03. The van der Waals surface area contributed by atoms with Crippen molar-refractivity contribution in [1.29, 1.82) is 0 Å². The minimum Gasteiger partial charge on any atom is -0.342 e. The van der Waals surface area contributed by atoms with Crippen LogP contribution in [0.3, 0.4) is 0 Å². The minimum absolute atomic E-state index is 0.649. The van der Waals surface area contributed by atoms with Crippen molar-refractivity contribution >= 4 is 5.95 Å². The van der Waals surface area contributed by atoms with Crippen molar-refractivity contribution in [2.75, 3.05) is 11.9 Å². The number of aromatic nitrogens is 2. The van der Waals surface area contributed by atoms with Gasteiger partial charge in [0.2, 0.25) is 5.95 Å². The molecule has 1 aromatic heterocycles. The second kappa shape index (κ2) is 5.16. The number of hydrogen-bond donors (Lipinski definition) is 1. The first kappa shape index (κ1) is 13.0. The number of aryl methyl sites for hydroxylation is 2. The van der Waals surface area contributed by atoms with E-state index in [1.165, 1.54) is 31.4 Å². The molecule has 2 saturated heterocycles. The van der Waals surface area contributed by atoms with Crippen LogP contribution >= 0.6 is 0 Å². The molecule has 2 bridgehead atoms. The minimum atomic E-state index is 0.649. The monoisotopic (exact) mass is 262 g/mol. The number of hydrogen-bond acceptors (Lipinski definition) is 3. The van der Waals surface area contributed by atoms with Gasteiger partial charge in [-0.1, -0.05) is 6.92 Å². The molecule has 0 radical (unpaired) electrons. The van der Waals surface area contributed by atoms with Gasteiger partial charge in [-0.05, 0) is 39.0 Å². The van der Waals surface area contributed by atoms with Crippen molar-refractivity contribution in [3.8, 4) is 0 Å². The zero-order valence-electron chi connectivity index (χ0n) is 12.4. The molecule has 106 valence electrons. The van der Waals surface area contributed by atoms with Crippen LogP contribution in [0, 0.1) is 0 Å². The molecular weight excluding hydrogens is 236 g/mol. The SMILES string of the molecule is CCc1cn(CC)c(N(C)C2CC3CCC(C2)N3)n1. The first-order valence-electron chi connectivity index (χ1n) is 7.76. The molecule has 3 rings (SSSR count). The fourth-order valence-electron chi connectivity index (χ4n) is 3.65. The Kier molecular flexibility index (Phi) is 3.52. The summed E-state index contributed by atoms with van der Waals surface area (Å²) in [6, 6.07) is 2.12. The predicted octanol–water partition coefficient (Wildman–Crippen LogP) is 2.18. The molecule has 4 heteroatoms. The van der Waals surface area contributed by atoms with Crippen molar-refractivity contribution < 1.29 is 0 Å². The summed E-state index contributed by atoms with van der Waals surface area (Å²) in [7, 11) is 2.23. The van der Waals surface area contributed by atoms with Crippen LogP contribution < -0.4 is 10.2 Å². The van der Waals surface area contributed by atoms with Gasteiger partial charge in [0.25, 0.3) is 0 Å². The lowest BCUT2D eigenvalue weighted by Crippen LogP contribution is -2.47. The van der Waals surface area contributed by atoms with Gasteiger partial charge in [-0.25, -0.2) is 4.98 Å². The van der Waals surface area contributed by atoms with Crippen LogP contribution in [0.4, 0.5) is 5.95 Å². The Morgan fingerprint density at radius 1 is 1.32 bits per heavy atom. The molecule has 0 aliphatic carbocycles. The maximum absolute atomic E-state index is 4.81. The molecule has 2 fully saturated rings. The molecule has 1 aromatic rings. The number of piperidine rings is 1. The van der Waals surface area contributed by atoms with Crippen LogP contribution in [0.15, 0.2) is 6.20 Å². The van der Waals surface area contributed by atoms with Gasteiger partial charge >= 0.3 is 0 Å². The van der Waals surface area contributed by atoms with Gasteiger partial charge in [-0.3, -0.25) is 0 Å². The highest BCUT2D eigenvalue weighted by atomic mass is 15.3. The summed E-state index contributed by atoms with van der Waals surface area (Å²) >= 11 is 0. The summed E-state index contributed by atoms with van der Waals surface area (Å²) in [4.78, 5) is 7.24. The van der Waals surface area contributed by atoms with Gasteiger partial charge in [-0.2, -0.15) is 0 Å². The fraction of sp³-hybridized carbons (Fsp3) is 0.800. The molecule has 0 saturated carbocycles. The van der Waals surface area contributed by atoms with Gasteiger partial charge in [0, 0.05) is 37.9 Å². The average molecular weight is 262 g/mol.